The maximum Gasteiger partial charge on any atom is 0.0540 e. The van der Waals surface area contributed by atoms with E-state index < -0.39 is 0 Å². The van der Waals surface area contributed by atoms with Gasteiger partial charge in [0.05, 0.1) is 5.69 Å². The molecule has 7 rings (SSSR count). The Morgan fingerprint density at radius 2 is 0.957 bits per heavy atom. The van der Waals surface area contributed by atoms with Crippen molar-refractivity contribution in [2.24, 2.45) is 5.41 Å². The van der Waals surface area contributed by atoms with E-state index in [2.05, 4.69) is 201 Å². The van der Waals surface area contributed by atoms with Gasteiger partial charge in [-0.1, -0.05) is 125 Å². The van der Waals surface area contributed by atoms with Crippen molar-refractivity contribution in [3.63, 3.8) is 0 Å². The van der Waals surface area contributed by atoms with Gasteiger partial charge in [0.25, 0.3) is 0 Å². The normalized spacial score (nSPS) is 12.3. The van der Waals surface area contributed by atoms with Gasteiger partial charge in [0, 0.05) is 33.8 Å². The summed E-state index contributed by atoms with van der Waals surface area (Å²) < 4.78 is 0. The van der Waals surface area contributed by atoms with E-state index in [9.17, 15) is 0 Å². The van der Waals surface area contributed by atoms with Crippen LogP contribution in [0.5, 0.6) is 0 Å². The molecule has 2 heteroatoms. The molecule has 0 bridgehead atoms. The van der Waals surface area contributed by atoms with Gasteiger partial charge in [-0.05, 0) is 106 Å². The van der Waals surface area contributed by atoms with E-state index in [4.69, 9.17) is 0 Å². The predicted octanol–water partition coefficient (Wildman–Crippen LogP) is 13.5. The lowest BCUT2D eigenvalue weighted by atomic mass is 9.82. The maximum absolute atomic E-state index is 2.40. The van der Waals surface area contributed by atoms with Crippen LogP contribution in [0.3, 0.4) is 0 Å². The van der Waals surface area contributed by atoms with Gasteiger partial charge < -0.3 is 9.80 Å². The van der Waals surface area contributed by atoms with Gasteiger partial charge in [-0.15, -0.1) is 0 Å². The van der Waals surface area contributed by atoms with Crippen molar-refractivity contribution in [3.8, 4) is 0 Å². The lowest BCUT2D eigenvalue weighted by molar-refractivity contribution is 0.349. The molecule has 0 radical (unpaired) electrons. The van der Waals surface area contributed by atoms with Gasteiger partial charge in [-0.25, -0.2) is 0 Å². The third-order valence-electron chi connectivity index (χ3n) is 9.02. The molecule has 0 aliphatic carbocycles. The fourth-order valence-corrected chi connectivity index (χ4v) is 6.91. The molecule has 7 aromatic carbocycles. The minimum Gasteiger partial charge on any atom is -0.310 e. The van der Waals surface area contributed by atoms with Crippen LogP contribution in [0.2, 0.25) is 0 Å². The summed E-state index contributed by atoms with van der Waals surface area (Å²) in [7, 11) is 0. The summed E-state index contributed by atoms with van der Waals surface area (Å²) in [6, 6.07) is 59.3. The van der Waals surface area contributed by atoms with Gasteiger partial charge in [-0.2, -0.15) is 0 Å². The van der Waals surface area contributed by atoms with Crippen LogP contribution in [0.1, 0.15) is 45.6 Å². The molecule has 0 aliphatic rings. The smallest absolute Gasteiger partial charge is 0.0540 e. The Hall–Kier alpha value is -5.34. The zero-order valence-electron chi connectivity index (χ0n) is 27.8. The molecular formula is C45H42N2. The fraction of sp³-hybridized carbons (Fsp3) is 0.156. The maximum atomic E-state index is 2.40. The summed E-state index contributed by atoms with van der Waals surface area (Å²) in [5.41, 5.74) is 8.47. The molecule has 0 amide bonds. The Bertz CT molecular complexity index is 2100. The molecule has 0 aliphatic heterocycles. The van der Waals surface area contributed by atoms with Gasteiger partial charge in [0.2, 0.25) is 0 Å². The average molecular weight is 611 g/mol. The Kier molecular flexibility index (Phi) is 8.26. The van der Waals surface area contributed by atoms with Gasteiger partial charge in [0.1, 0.15) is 0 Å². The molecule has 1 unspecified atom stereocenters. The highest BCUT2D eigenvalue weighted by atomic mass is 15.2. The minimum atomic E-state index is 0.287. The van der Waals surface area contributed by atoms with Crippen molar-refractivity contribution < 1.29 is 0 Å². The molecule has 0 saturated heterocycles. The molecular weight excluding hydrogens is 569 g/mol. The molecule has 0 fully saturated rings. The third kappa shape index (κ3) is 6.50. The summed E-state index contributed by atoms with van der Waals surface area (Å²) in [6.45, 7) is 9.31. The number of benzene rings is 7. The quantitative estimate of drug-likeness (QED) is 0.169. The number of hydrogen-bond donors (Lipinski definition) is 0. The Labute approximate surface area is 279 Å². The van der Waals surface area contributed by atoms with Crippen molar-refractivity contribution in [1.29, 1.82) is 0 Å². The Balaban J connectivity index is 1.32. The molecule has 232 valence electrons. The number of para-hydroxylation sites is 1. The van der Waals surface area contributed by atoms with Gasteiger partial charge >= 0.3 is 0 Å². The first kappa shape index (κ1) is 30.3. The van der Waals surface area contributed by atoms with Crippen LogP contribution < -0.4 is 9.80 Å². The Morgan fingerprint density at radius 1 is 0.447 bits per heavy atom. The van der Waals surface area contributed by atoms with E-state index in [1.54, 1.807) is 0 Å². The van der Waals surface area contributed by atoms with Crippen LogP contribution in [0, 0.1) is 5.41 Å². The topological polar surface area (TPSA) is 6.48 Å². The molecule has 0 heterocycles. The van der Waals surface area contributed by atoms with Crippen molar-refractivity contribution in [2.75, 3.05) is 9.80 Å². The number of hydrogen-bond acceptors (Lipinski definition) is 2. The van der Waals surface area contributed by atoms with Crippen LogP contribution in [-0.2, 0) is 0 Å². The second-order valence-corrected chi connectivity index (χ2v) is 13.8. The Morgan fingerprint density at radius 3 is 1.64 bits per heavy atom. The van der Waals surface area contributed by atoms with E-state index >= 15 is 0 Å². The molecule has 0 N–H and O–H groups in total. The second-order valence-electron chi connectivity index (χ2n) is 13.8. The number of rotatable bonds is 8. The van der Waals surface area contributed by atoms with Gasteiger partial charge in [-0.3, -0.25) is 0 Å². The highest BCUT2D eigenvalue weighted by Crippen LogP contribution is 2.42. The molecule has 7 aromatic rings. The summed E-state index contributed by atoms with van der Waals surface area (Å²) in [5.74, 6) is 0.494. The third-order valence-corrected chi connectivity index (χ3v) is 9.02. The van der Waals surface area contributed by atoms with Crippen molar-refractivity contribution in [2.45, 2.75) is 40.0 Å². The molecule has 47 heavy (non-hydrogen) atoms. The van der Waals surface area contributed by atoms with E-state index in [0.29, 0.717) is 5.92 Å². The zero-order chi connectivity index (χ0) is 32.4. The molecule has 0 saturated carbocycles. The first-order valence-electron chi connectivity index (χ1n) is 16.7. The first-order chi connectivity index (χ1) is 22.8. The fourth-order valence-electron chi connectivity index (χ4n) is 6.91. The van der Waals surface area contributed by atoms with Crippen LogP contribution in [0.25, 0.3) is 21.5 Å². The lowest BCUT2D eigenvalue weighted by Crippen LogP contribution is -2.13. The zero-order valence-corrected chi connectivity index (χ0v) is 27.8. The van der Waals surface area contributed by atoms with Crippen molar-refractivity contribution >= 4 is 55.7 Å². The van der Waals surface area contributed by atoms with E-state index in [1.807, 2.05) is 0 Å². The summed E-state index contributed by atoms with van der Waals surface area (Å²) in [5, 5.41) is 4.93. The standard InChI is InChI=1S/C45H42N2/c1-33(32-45(2,3)4)34-21-24-40(25-22-34)47(44-20-12-16-36-14-10-11-19-43(36)44)41-29-27-39(28-30-41)46(38-17-6-5-7-18-38)42-26-23-35-13-8-9-15-37(35)31-42/h5-31,33H,32H2,1-4H3. The van der Waals surface area contributed by atoms with E-state index in [1.165, 1.54) is 32.8 Å². The van der Waals surface area contributed by atoms with Crippen LogP contribution in [-0.4, -0.2) is 0 Å². The molecule has 0 aromatic heterocycles. The van der Waals surface area contributed by atoms with Crippen molar-refractivity contribution in [1.82, 2.24) is 0 Å². The highest BCUT2D eigenvalue weighted by Gasteiger charge is 2.20. The average Bonchev–Trinajstić information content (AvgIpc) is 3.09. The second kappa shape index (κ2) is 12.8. The first-order valence-corrected chi connectivity index (χ1v) is 16.7. The number of anilines is 6. The van der Waals surface area contributed by atoms with Gasteiger partial charge in [0.15, 0.2) is 0 Å². The number of fused-ring (bicyclic) bond motifs is 2. The molecule has 0 spiro atoms. The highest BCUT2D eigenvalue weighted by molar-refractivity contribution is 5.99. The van der Waals surface area contributed by atoms with Crippen molar-refractivity contribution in [3.05, 3.63) is 169 Å². The van der Waals surface area contributed by atoms with E-state index in [0.717, 1.165) is 34.9 Å². The number of nitrogens with zero attached hydrogens (tertiary/aromatic N) is 2. The molecule has 1 atom stereocenters. The minimum absolute atomic E-state index is 0.287. The van der Waals surface area contributed by atoms with Crippen LogP contribution in [0.4, 0.5) is 34.1 Å². The summed E-state index contributed by atoms with van der Waals surface area (Å²) >= 11 is 0. The van der Waals surface area contributed by atoms with Crippen LogP contribution in [0.15, 0.2) is 164 Å². The summed E-state index contributed by atoms with van der Waals surface area (Å²) in [6.07, 6.45) is 1.15. The predicted molar refractivity (Wildman–Crippen MR) is 203 cm³/mol. The lowest BCUT2D eigenvalue weighted by Gasteiger charge is -2.29. The van der Waals surface area contributed by atoms with E-state index in [-0.39, 0.29) is 5.41 Å². The molecule has 2 nitrogen and oxygen atoms in total. The largest absolute Gasteiger partial charge is 0.310 e. The SMILES string of the molecule is CC(CC(C)(C)C)c1ccc(N(c2ccc(N(c3ccccc3)c3ccc4ccccc4c3)cc2)c2cccc3ccccc23)cc1. The van der Waals surface area contributed by atoms with Crippen LogP contribution >= 0.6 is 0 Å². The monoisotopic (exact) mass is 610 g/mol. The summed E-state index contributed by atoms with van der Waals surface area (Å²) in [4.78, 5) is 4.73.